The molecule has 2 aromatic carbocycles. The molecule has 1 atom stereocenters. The van der Waals surface area contributed by atoms with Crippen LogP contribution in [0.1, 0.15) is 43.4 Å². The van der Waals surface area contributed by atoms with E-state index in [9.17, 15) is 9.59 Å². The van der Waals surface area contributed by atoms with Gasteiger partial charge in [0.25, 0.3) is 0 Å². The largest absolute Gasteiger partial charge is 0.496 e. The lowest BCUT2D eigenvalue weighted by Crippen LogP contribution is -2.26. The molecule has 0 aliphatic carbocycles. The summed E-state index contributed by atoms with van der Waals surface area (Å²) in [5, 5.41) is 3.03. The van der Waals surface area contributed by atoms with E-state index in [0.29, 0.717) is 6.42 Å². The van der Waals surface area contributed by atoms with Crippen LogP contribution in [0.4, 0.5) is 5.69 Å². The van der Waals surface area contributed by atoms with Crippen molar-refractivity contribution in [3.63, 3.8) is 0 Å². The Morgan fingerprint density at radius 1 is 1.21 bits per heavy atom. The number of methoxy groups -OCH3 is 1. The summed E-state index contributed by atoms with van der Waals surface area (Å²) in [5.41, 5.74) is 2.79. The maximum Gasteiger partial charge on any atom is 0.244 e. The van der Waals surface area contributed by atoms with Gasteiger partial charge >= 0.3 is 0 Å². The Hall–Kier alpha value is -3.08. The Kier molecular flexibility index (Phi) is 6.48. The van der Waals surface area contributed by atoms with Gasteiger partial charge in [-0.1, -0.05) is 37.3 Å². The van der Waals surface area contributed by atoms with E-state index in [0.717, 1.165) is 42.0 Å². The van der Waals surface area contributed by atoms with Gasteiger partial charge in [0, 0.05) is 30.3 Å². The fourth-order valence-electron chi connectivity index (χ4n) is 3.43. The van der Waals surface area contributed by atoms with E-state index >= 15 is 0 Å². The van der Waals surface area contributed by atoms with Gasteiger partial charge in [0.05, 0.1) is 13.2 Å². The fourth-order valence-corrected chi connectivity index (χ4v) is 3.43. The minimum Gasteiger partial charge on any atom is -0.496 e. The first-order valence-electron chi connectivity index (χ1n) is 9.64. The average molecular weight is 378 g/mol. The smallest absolute Gasteiger partial charge is 0.244 e. The number of anilines is 1. The van der Waals surface area contributed by atoms with E-state index in [-0.39, 0.29) is 17.9 Å². The Bertz CT molecular complexity index is 858. The van der Waals surface area contributed by atoms with Gasteiger partial charge < -0.3 is 15.0 Å². The normalized spacial score (nSPS) is 15.1. The number of carbonyl (C=O) groups is 2. The van der Waals surface area contributed by atoms with Crippen LogP contribution in [0.15, 0.2) is 54.6 Å². The topological polar surface area (TPSA) is 58.6 Å². The molecule has 28 heavy (non-hydrogen) atoms. The third-order valence-electron chi connectivity index (χ3n) is 4.94. The van der Waals surface area contributed by atoms with Gasteiger partial charge in [-0.15, -0.1) is 0 Å². The summed E-state index contributed by atoms with van der Waals surface area (Å²) in [4.78, 5) is 26.0. The highest BCUT2D eigenvalue weighted by atomic mass is 16.5. The van der Waals surface area contributed by atoms with E-state index in [1.165, 1.54) is 6.08 Å². The van der Waals surface area contributed by atoms with Crippen LogP contribution < -0.4 is 15.0 Å². The molecular weight excluding hydrogens is 352 g/mol. The average Bonchev–Trinajstić information content (AvgIpc) is 3.16. The minimum absolute atomic E-state index is 0.114. The molecule has 0 radical (unpaired) electrons. The lowest BCUT2D eigenvalue weighted by Gasteiger charge is -2.19. The zero-order chi connectivity index (χ0) is 19.9. The van der Waals surface area contributed by atoms with E-state index in [1.807, 2.05) is 55.5 Å². The van der Waals surface area contributed by atoms with E-state index in [1.54, 1.807) is 18.1 Å². The predicted octanol–water partition coefficient (Wildman–Crippen LogP) is 4.10. The van der Waals surface area contributed by atoms with Crippen molar-refractivity contribution in [2.75, 3.05) is 18.6 Å². The standard InChI is InChI=1S/C23H26N2O3/c1-3-20(19-7-4-5-8-21(19)28-2)24-22(26)15-12-17-10-13-18(14-11-17)25-16-6-9-23(25)27/h4-5,7-8,10-15,20H,3,6,9,16H2,1-2H3,(H,24,26)/b15-12+. The number of nitrogens with zero attached hydrogens (tertiary/aromatic N) is 1. The van der Waals surface area contributed by atoms with Crippen LogP contribution in [0.2, 0.25) is 0 Å². The van der Waals surface area contributed by atoms with Crippen LogP contribution in [-0.2, 0) is 9.59 Å². The molecule has 3 rings (SSSR count). The number of carbonyl (C=O) groups excluding carboxylic acids is 2. The molecule has 1 saturated heterocycles. The number of rotatable bonds is 7. The number of para-hydroxylation sites is 1. The van der Waals surface area contributed by atoms with Gasteiger partial charge in [-0.2, -0.15) is 0 Å². The number of hydrogen-bond acceptors (Lipinski definition) is 3. The summed E-state index contributed by atoms with van der Waals surface area (Å²) < 4.78 is 5.40. The third-order valence-corrected chi connectivity index (χ3v) is 4.94. The monoisotopic (exact) mass is 378 g/mol. The van der Waals surface area contributed by atoms with Crippen molar-refractivity contribution in [1.82, 2.24) is 5.32 Å². The molecule has 5 heteroatoms. The second-order valence-corrected chi connectivity index (χ2v) is 6.79. The first kappa shape index (κ1) is 19.7. The second kappa shape index (κ2) is 9.22. The third kappa shape index (κ3) is 4.60. The molecule has 0 spiro atoms. The summed E-state index contributed by atoms with van der Waals surface area (Å²) in [6.07, 6.45) is 5.60. The molecule has 1 unspecified atom stereocenters. The van der Waals surface area contributed by atoms with E-state index in [4.69, 9.17) is 4.74 Å². The maximum absolute atomic E-state index is 12.4. The second-order valence-electron chi connectivity index (χ2n) is 6.79. The first-order valence-corrected chi connectivity index (χ1v) is 9.64. The maximum atomic E-state index is 12.4. The summed E-state index contributed by atoms with van der Waals surface area (Å²) in [6.45, 7) is 2.80. The number of amides is 2. The van der Waals surface area contributed by atoms with Crippen molar-refractivity contribution < 1.29 is 14.3 Å². The van der Waals surface area contributed by atoms with Crippen molar-refractivity contribution in [2.45, 2.75) is 32.2 Å². The molecule has 0 saturated carbocycles. The molecule has 5 nitrogen and oxygen atoms in total. The van der Waals surface area contributed by atoms with Crippen LogP contribution in [-0.4, -0.2) is 25.5 Å². The molecule has 1 aliphatic heterocycles. The summed E-state index contributed by atoms with van der Waals surface area (Å²) in [6, 6.07) is 15.3. The van der Waals surface area contributed by atoms with Crippen molar-refractivity contribution in [3.8, 4) is 5.75 Å². The summed E-state index contributed by atoms with van der Waals surface area (Å²) in [7, 11) is 1.63. The quantitative estimate of drug-likeness (QED) is 0.738. The summed E-state index contributed by atoms with van der Waals surface area (Å²) in [5.74, 6) is 0.784. The van der Waals surface area contributed by atoms with Gasteiger partial charge in [-0.05, 0) is 42.7 Å². The lowest BCUT2D eigenvalue weighted by molar-refractivity contribution is -0.117. The fraction of sp³-hybridized carbons (Fsp3) is 0.304. The highest BCUT2D eigenvalue weighted by Gasteiger charge is 2.21. The predicted molar refractivity (Wildman–Crippen MR) is 111 cm³/mol. The van der Waals surface area contributed by atoms with Crippen molar-refractivity contribution in [3.05, 3.63) is 65.7 Å². The van der Waals surface area contributed by atoms with Gasteiger partial charge in [-0.3, -0.25) is 9.59 Å². The Labute approximate surface area is 166 Å². The number of hydrogen-bond donors (Lipinski definition) is 1. The Morgan fingerprint density at radius 2 is 1.96 bits per heavy atom. The summed E-state index contributed by atoms with van der Waals surface area (Å²) >= 11 is 0. The van der Waals surface area contributed by atoms with Gasteiger partial charge in [0.1, 0.15) is 5.75 Å². The highest BCUT2D eigenvalue weighted by Crippen LogP contribution is 2.27. The van der Waals surface area contributed by atoms with Crippen LogP contribution in [0.3, 0.4) is 0 Å². The molecule has 146 valence electrons. The number of nitrogens with one attached hydrogen (secondary N) is 1. The molecule has 1 fully saturated rings. The van der Waals surface area contributed by atoms with Crippen molar-refractivity contribution >= 4 is 23.6 Å². The Balaban J connectivity index is 1.63. The van der Waals surface area contributed by atoms with Crippen LogP contribution in [0.5, 0.6) is 5.75 Å². The molecular formula is C23H26N2O3. The molecule has 1 aliphatic rings. The van der Waals surface area contributed by atoms with Crippen molar-refractivity contribution in [2.24, 2.45) is 0 Å². The zero-order valence-corrected chi connectivity index (χ0v) is 16.4. The molecule has 2 aromatic rings. The van der Waals surface area contributed by atoms with E-state index < -0.39 is 0 Å². The van der Waals surface area contributed by atoms with Crippen LogP contribution in [0, 0.1) is 0 Å². The lowest BCUT2D eigenvalue weighted by atomic mass is 10.0. The van der Waals surface area contributed by atoms with E-state index in [2.05, 4.69) is 5.32 Å². The SMILES string of the molecule is CCC(NC(=O)/C=C/c1ccc(N2CCCC2=O)cc1)c1ccccc1OC. The van der Waals surface area contributed by atoms with Gasteiger partial charge in [0.2, 0.25) is 11.8 Å². The van der Waals surface area contributed by atoms with Crippen LogP contribution >= 0.6 is 0 Å². The number of benzene rings is 2. The molecule has 1 N–H and O–H groups in total. The molecule has 0 bridgehead atoms. The van der Waals surface area contributed by atoms with Crippen LogP contribution in [0.25, 0.3) is 6.08 Å². The number of ether oxygens (including phenoxy) is 1. The zero-order valence-electron chi connectivity index (χ0n) is 16.4. The molecule has 1 heterocycles. The Morgan fingerprint density at radius 3 is 2.61 bits per heavy atom. The van der Waals surface area contributed by atoms with Crippen molar-refractivity contribution in [1.29, 1.82) is 0 Å². The highest BCUT2D eigenvalue weighted by molar-refractivity contribution is 5.95. The first-order chi connectivity index (χ1) is 13.6. The molecule has 2 amide bonds. The van der Waals surface area contributed by atoms with Gasteiger partial charge in [0.15, 0.2) is 0 Å². The molecule has 0 aromatic heterocycles. The van der Waals surface area contributed by atoms with Gasteiger partial charge in [-0.25, -0.2) is 0 Å². The minimum atomic E-state index is -0.156.